The van der Waals surface area contributed by atoms with Gasteiger partial charge in [-0.3, -0.25) is 14.5 Å². The number of halogens is 2. The summed E-state index contributed by atoms with van der Waals surface area (Å²) in [5.74, 6) is -1.44. The number of amides is 2. The molecule has 3 aromatic rings. The number of nitrogens with zero attached hydrogens (tertiary/aromatic N) is 2. The second-order valence-electron chi connectivity index (χ2n) is 8.05. The fourth-order valence-corrected chi connectivity index (χ4v) is 3.97. The molecule has 0 unspecified atom stereocenters. The molecule has 0 bridgehead atoms. The molecule has 4 rings (SSSR count). The zero-order valence-electron chi connectivity index (χ0n) is 18.5. The minimum atomic E-state index is -0.761. The maximum absolute atomic E-state index is 13.2. The molecule has 0 spiro atoms. The van der Waals surface area contributed by atoms with E-state index in [2.05, 4.69) is 20.4 Å². The van der Waals surface area contributed by atoms with Gasteiger partial charge in [0.05, 0.1) is 12.3 Å². The summed E-state index contributed by atoms with van der Waals surface area (Å²) in [4.78, 5) is 29.0. The molecule has 2 aromatic carbocycles. The molecule has 2 amide bonds. The number of piperazine rings is 1. The van der Waals surface area contributed by atoms with Gasteiger partial charge in [0, 0.05) is 45.0 Å². The molecule has 1 atom stereocenters. The van der Waals surface area contributed by atoms with Gasteiger partial charge >= 0.3 is 11.8 Å². The highest BCUT2D eigenvalue weighted by Gasteiger charge is 2.28. The van der Waals surface area contributed by atoms with Crippen molar-refractivity contribution in [3.63, 3.8) is 0 Å². The van der Waals surface area contributed by atoms with Gasteiger partial charge in [-0.1, -0.05) is 12.1 Å². The molecule has 7 nitrogen and oxygen atoms in total. The molecule has 1 aromatic heterocycles. The number of rotatable bonds is 7. The van der Waals surface area contributed by atoms with Crippen LogP contribution in [0.4, 0.5) is 14.5 Å². The smallest absolute Gasteiger partial charge is 0.309 e. The van der Waals surface area contributed by atoms with Crippen LogP contribution >= 0.6 is 0 Å². The molecule has 0 aliphatic carbocycles. The highest BCUT2D eigenvalue weighted by Crippen LogP contribution is 2.24. The highest BCUT2D eigenvalue weighted by atomic mass is 19.1. The standard InChI is InChI=1S/C25H26F2N4O3/c26-19-5-3-18(4-6-19)16-28-24(32)25(33)29-17-22(23-2-1-15-34-23)31-13-11-30(12-14-31)21-9-7-20(27)8-10-21/h1-10,15,22H,11-14,16-17H2,(H,28,32)(H,29,33)/t22-/m0/s1. The lowest BCUT2D eigenvalue weighted by molar-refractivity contribution is -0.139. The number of furan rings is 1. The van der Waals surface area contributed by atoms with Crippen LogP contribution in [0.3, 0.4) is 0 Å². The largest absolute Gasteiger partial charge is 0.468 e. The van der Waals surface area contributed by atoms with E-state index in [0.29, 0.717) is 24.4 Å². The molecule has 2 heterocycles. The Labute approximate surface area is 196 Å². The SMILES string of the molecule is O=C(NCc1ccc(F)cc1)C(=O)NC[C@@H](c1ccco1)N1CCN(c2ccc(F)cc2)CC1. The van der Waals surface area contributed by atoms with Gasteiger partial charge in [-0.2, -0.15) is 0 Å². The van der Waals surface area contributed by atoms with Crippen LogP contribution in [-0.4, -0.2) is 49.4 Å². The van der Waals surface area contributed by atoms with Crippen molar-refractivity contribution in [2.45, 2.75) is 12.6 Å². The lowest BCUT2D eigenvalue weighted by Gasteiger charge is -2.39. The number of nitrogens with one attached hydrogen (secondary N) is 2. The quantitative estimate of drug-likeness (QED) is 0.522. The maximum atomic E-state index is 13.2. The fourth-order valence-electron chi connectivity index (χ4n) is 3.97. The molecule has 1 aliphatic rings. The van der Waals surface area contributed by atoms with Crippen molar-refractivity contribution in [1.82, 2.24) is 15.5 Å². The summed E-state index contributed by atoms with van der Waals surface area (Å²) in [5, 5.41) is 5.24. The average molecular weight is 469 g/mol. The third-order valence-corrected chi connectivity index (χ3v) is 5.85. The molecule has 0 saturated carbocycles. The predicted octanol–water partition coefficient (Wildman–Crippen LogP) is 2.85. The summed E-state index contributed by atoms with van der Waals surface area (Å²) in [7, 11) is 0. The van der Waals surface area contributed by atoms with E-state index in [0.717, 1.165) is 18.8 Å². The van der Waals surface area contributed by atoms with Crippen LogP contribution in [0, 0.1) is 11.6 Å². The molecular formula is C25H26F2N4O3. The molecule has 0 radical (unpaired) electrons. The zero-order chi connectivity index (χ0) is 23.9. The average Bonchev–Trinajstić information content (AvgIpc) is 3.39. The van der Waals surface area contributed by atoms with Crippen LogP contribution in [0.1, 0.15) is 17.4 Å². The summed E-state index contributed by atoms with van der Waals surface area (Å²) in [6.45, 7) is 3.20. The lowest BCUT2D eigenvalue weighted by Crippen LogP contribution is -2.50. The molecule has 2 N–H and O–H groups in total. The molecule has 1 saturated heterocycles. The third-order valence-electron chi connectivity index (χ3n) is 5.85. The van der Waals surface area contributed by atoms with Gasteiger partial charge in [-0.15, -0.1) is 0 Å². The van der Waals surface area contributed by atoms with E-state index < -0.39 is 11.8 Å². The fraction of sp³-hybridized carbons (Fsp3) is 0.280. The van der Waals surface area contributed by atoms with Gasteiger partial charge in [0.1, 0.15) is 17.4 Å². The summed E-state index contributed by atoms with van der Waals surface area (Å²) in [6, 6.07) is 15.5. The number of hydrogen-bond donors (Lipinski definition) is 2. The second kappa shape index (κ2) is 10.9. The first-order chi connectivity index (χ1) is 16.5. The lowest BCUT2D eigenvalue weighted by atomic mass is 10.1. The molecule has 1 fully saturated rings. The van der Waals surface area contributed by atoms with Crippen LogP contribution < -0.4 is 15.5 Å². The Kier molecular flexibility index (Phi) is 7.54. The van der Waals surface area contributed by atoms with Gasteiger partial charge in [0.2, 0.25) is 0 Å². The molecule has 9 heteroatoms. The second-order valence-corrected chi connectivity index (χ2v) is 8.05. The molecule has 178 valence electrons. The number of anilines is 1. The minimum Gasteiger partial charge on any atom is -0.468 e. The Morgan fingerprint density at radius 2 is 1.47 bits per heavy atom. The van der Waals surface area contributed by atoms with Gasteiger partial charge in [-0.25, -0.2) is 8.78 Å². The monoisotopic (exact) mass is 468 g/mol. The van der Waals surface area contributed by atoms with Crippen molar-refractivity contribution in [2.24, 2.45) is 0 Å². The topological polar surface area (TPSA) is 77.8 Å². The number of carbonyl (C=O) groups is 2. The Bertz CT molecular complexity index is 1080. The Morgan fingerprint density at radius 1 is 0.853 bits per heavy atom. The van der Waals surface area contributed by atoms with Gasteiger partial charge in [-0.05, 0) is 54.1 Å². The van der Waals surface area contributed by atoms with Crippen LogP contribution in [0.15, 0.2) is 71.3 Å². The van der Waals surface area contributed by atoms with Crippen molar-refractivity contribution >= 4 is 17.5 Å². The summed E-state index contributed by atoms with van der Waals surface area (Å²) in [6.07, 6.45) is 1.58. The van der Waals surface area contributed by atoms with Crippen LogP contribution in [0.2, 0.25) is 0 Å². The first-order valence-corrected chi connectivity index (χ1v) is 11.1. The van der Waals surface area contributed by atoms with Crippen molar-refractivity contribution in [2.75, 3.05) is 37.6 Å². The Morgan fingerprint density at radius 3 is 2.09 bits per heavy atom. The van der Waals surface area contributed by atoms with Crippen molar-refractivity contribution in [3.8, 4) is 0 Å². The van der Waals surface area contributed by atoms with Gasteiger partial charge in [0.25, 0.3) is 0 Å². The molecule has 1 aliphatic heterocycles. The Balaban J connectivity index is 1.31. The van der Waals surface area contributed by atoms with E-state index >= 15 is 0 Å². The first kappa shape index (κ1) is 23.4. The summed E-state index contributed by atoms with van der Waals surface area (Å²) >= 11 is 0. The van der Waals surface area contributed by atoms with E-state index in [1.165, 1.54) is 24.3 Å². The van der Waals surface area contributed by atoms with Crippen molar-refractivity contribution < 1.29 is 22.8 Å². The van der Waals surface area contributed by atoms with E-state index in [4.69, 9.17) is 4.42 Å². The van der Waals surface area contributed by atoms with E-state index in [9.17, 15) is 18.4 Å². The van der Waals surface area contributed by atoms with Crippen molar-refractivity contribution in [3.05, 3.63) is 89.9 Å². The summed E-state index contributed by atoms with van der Waals surface area (Å²) in [5.41, 5.74) is 1.65. The van der Waals surface area contributed by atoms with E-state index in [-0.39, 0.29) is 30.8 Å². The zero-order valence-corrected chi connectivity index (χ0v) is 18.5. The van der Waals surface area contributed by atoms with Gasteiger partial charge < -0.3 is 20.0 Å². The number of hydrogen-bond acceptors (Lipinski definition) is 5. The number of carbonyl (C=O) groups excluding carboxylic acids is 2. The van der Waals surface area contributed by atoms with Gasteiger partial charge in [0.15, 0.2) is 0 Å². The van der Waals surface area contributed by atoms with E-state index in [1.54, 1.807) is 36.6 Å². The highest BCUT2D eigenvalue weighted by molar-refractivity contribution is 6.35. The summed E-state index contributed by atoms with van der Waals surface area (Å²) < 4.78 is 31.8. The van der Waals surface area contributed by atoms with Crippen molar-refractivity contribution in [1.29, 1.82) is 0 Å². The minimum absolute atomic E-state index is 0.124. The van der Waals surface area contributed by atoms with Crippen LogP contribution in [0.25, 0.3) is 0 Å². The maximum Gasteiger partial charge on any atom is 0.309 e. The normalized spacial score (nSPS) is 15.1. The van der Waals surface area contributed by atoms with Crippen LogP contribution in [0.5, 0.6) is 0 Å². The van der Waals surface area contributed by atoms with E-state index in [1.807, 2.05) is 6.07 Å². The molecular weight excluding hydrogens is 442 g/mol. The predicted molar refractivity (Wildman–Crippen MR) is 123 cm³/mol. The number of benzene rings is 2. The van der Waals surface area contributed by atoms with Crippen LogP contribution in [-0.2, 0) is 16.1 Å². The third kappa shape index (κ3) is 5.99. The Hall–Kier alpha value is -3.72. The molecule has 34 heavy (non-hydrogen) atoms. The first-order valence-electron chi connectivity index (χ1n) is 11.1.